The molecule has 1 heterocycles. The number of halogens is 1. The topological polar surface area (TPSA) is 75.7 Å². The van der Waals surface area contributed by atoms with Crippen molar-refractivity contribution in [3.63, 3.8) is 0 Å². The summed E-state index contributed by atoms with van der Waals surface area (Å²) in [5.74, 6) is -0.350. The second-order valence-electron chi connectivity index (χ2n) is 7.05. The fourth-order valence-electron chi connectivity index (χ4n) is 3.26. The summed E-state index contributed by atoms with van der Waals surface area (Å²) in [5.41, 5.74) is 2.35. The lowest BCUT2D eigenvalue weighted by Gasteiger charge is -2.13. The normalized spacial score (nSPS) is 12.6. The van der Waals surface area contributed by atoms with Crippen LogP contribution in [0.4, 0.5) is 5.69 Å². The molecule has 1 aliphatic rings. The van der Waals surface area contributed by atoms with Gasteiger partial charge in [0.15, 0.2) is 0 Å². The van der Waals surface area contributed by atoms with E-state index in [-0.39, 0.29) is 30.7 Å². The average Bonchev–Trinajstić information content (AvgIpc) is 3.03. The molecular weight excluding hydrogens is 416 g/mol. The number of nitrogens with zero attached hydrogens (tertiary/aromatic N) is 1. The van der Waals surface area contributed by atoms with Crippen molar-refractivity contribution in [1.29, 1.82) is 0 Å². The zero-order chi connectivity index (χ0) is 21.8. The molecule has 7 heteroatoms. The fourth-order valence-corrected chi connectivity index (χ4v) is 3.39. The van der Waals surface area contributed by atoms with Gasteiger partial charge in [-0.1, -0.05) is 35.9 Å². The Balaban J connectivity index is 1.27. The van der Waals surface area contributed by atoms with E-state index < -0.39 is 0 Å². The van der Waals surface area contributed by atoms with Crippen molar-refractivity contribution in [2.45, 2.75) is 13.0 Å². The van der Waals surface area contributed by atoms with Crippen molar-refractivity contribution in [3.05, 3.63) is 94.5 Å². The van der Waals surface area contributed by atoms with Crippen molar-refractivity contribution in [3.8, 4) is 5.75 Å². The molecule has 0 atom stereocenters. The van der Waals surface area contributed by atoms with Gasteiger partial charge in [-0.3, -0.25) is 19.3 Å². The molecule has 6 nitrogen and oxygen atoms in total. The van der Waals surface area contributed by atoms with E-state index in [1.165, 1.54) is 0 Å². The van der Waals surface area contributed by atoms with Gasteiger partial charge in [-0.25, -0.2) is 0 Å². The Morgan fingerprint density at radius 2 is 1.48 bits per heavy atom. The lowest BCUT2D eigenvalue weighted by Crippen LogP contribution is -2.32. The molecule has 0 radical (unpaired) electrons. The summed E-state index contributed by atoms with van der Waals surface area (Å²) in [7, 11) is 0. The number of fused-ring (bicyclic) bond motifs is 1. The number of rotatable bonds is 7. The van der Waals surface area contributed by atoms with Gasteiger partial charge in [0, 0.05) is 23.7 Å². The maximum Gasteiger partial charge on any atom is 0.261 e. The van der Waals surface area contributed by atoms with Crippen LogP contribution in [0.3, 0.4) is 0 Å². The van der Waals surface area contributed by atoms with E-state index in [2.05, 4.69) is 5.32 Å². The molecule has 0 fully saturated rings. The number of carbonyl (C=O) groups excluding carboxylic acids is 3. The van der Waals surface area contributed by atoms with Crippen molar-refractivity contribution >= 4 is 35.0 Å². The number of hydrogen-bond donors (Lipinski definition) is 1. The molecule has 31 heavy (non-hydrogen) atoms. The Bertz CT molecular complexity index is 1090. The van der Waals surface area contributed by atoms with Crippen molar-refractivity contribution < 1.29 is 19.1 Å². The van der Waals surface area contributed by atoms with Crippen molar-refractivity contribution in [2.24, 2.45) is 0 Å². The summed E-state index contributed by atoms with van der Waals surface area (Å²) in [6.07, 6.45) is 0.0142. The minimum absolute atomic E-state index is 0.0142. The van der Waals surface area contributed by atoms with E-state index in [9.17, 15) is 14.4 Å². The van der Waals surface area contributed by atoms with E-state index in [4.69, 9.17) is 16.3 Å². The molecule has 0 aromatic heterocycles. The zero-order valence-electron chi connectivity index (χ0n) is 16.5. The molecule has 0 saturated carbocycles. The van der Waals surface area contributed by atoms with Crippen molar-refractivity contribution in [2.75, 3.05) is 11.9 Å². The minimum Gasteiger partial charge on any atom is -0.489 e. The van der Waals surface area contributed by atoms with Crippen LogP contribution >= 0.6 is 11.6 Å². The summed E-state index contributed by atoms with van der Waals surface area (Å²) in [6.45, 7) is 0.434. The molecule has 4 rings (SSSR count). The first kappa shape index (κ1) is 20.6. The highest BCUT2D eigenvalue weighted by Crippen LogP contribution is 2.23. The highest BCUT2D eigenvalue weighted by Gasteiger charge is 2.34. The predicted molar refractivity (Wildman–Crippen MR) is 117 cm³/mol. The second-order valence-corrected chi connectivity index (χ2v) is 7.48. The molecule has 1 aliphatic heterocycles. The van der Waals surface area contributed by atoms with Crippen LogP contribution in [0.5, 0.6) is 5.75 Å². The molecule has 3 amide bonds. The Hall–Kier alpha value is -3.64. The maximum atomic E-state index is 12.3. The van der Waals surface area contributed by atoms with E-state index in [0.29, 0.717) is 34.2 Å². The largest absolute Gasteiger partial charge is 0.489 e. The predicted octanol–water partition coefficient (Wildman–Crippen LogP) is 4.54. The second kappa shape index (κ2) is 9.02. The minimum atomic E-state index is -0.365. The van der Waals surface area contributed by atoms with Gasteiger partial charge in [0.05, 0.1) is 11.1 Å². The van der Waals surface area contributed by atoms with Gasteiger partial charge in [-0.05, 0) is 54.1 Å². The Morgan fingerprint density at radius 3 is 2.10 bits per heavy atom. The summed E-state index contributed by atoms with van der Waals surface area (Å²) in [5, 5.41) is 3.44. The van der Waals surface area contributed by atoms with Gasteiger partial charge in [-0.15, -0.1) is 0 Å². The van der Waals surface area contributed by atoms with E-state index in [1.807, 2.05) is 12.1 Å². The number of carbonyl (C=O) groups is 3. The lowest BCUT2D eigenvalue weighted by molar-refractivity contribution is -0.116. The number of anilines is 1. The highest BCUT2D eigenvalue weighted by atomic mass is 35.5. The number of ether oxygens (including phenoxy) is 1. The summed E-state index contributed by atoms with van der Waals surface area (Å²) in [4.78, 5) is 38.1. The summed E-state index contributed by atoms with van der Waals surface area (Å²) < 4.78 is 5.72. The van der Waals surface area contributed by atoms with Gasteiger partial charge in [-0.2, -0.15) is 0 Å². The molecule has 0 saturated heterocycles. The van der Waals surface area contributed by atoms with Crippen LogP contribution in [-0.2, 0) is 11.4 Å². The molecule has 0 bridgehead atoms. The monoisotopic (exact) mass is 434 g/mol. The average molecular weight is 435 g/mol. The quantitative estimate of drug-likeness (QED) is 0.554. The molecule has 156 valence electrons. The van der Waals surface area contributed by atoms with Gasteiger partial charge < -0.3 is 10.1 Å². The van der Waals surface area contributed by atoms with Gasteiger partial charge in [0.1, 0.15) is 12.4 Å². The van der Waals surface area contributed by atoms with Crippen molar-refractivity contribution in [1.82, 2.24) is 4.90 Å². The third-order valence-corrected chi connectivity index (χ3v) is 5.15. The molecule has 3 aromatic carbocycles. The van der Waals surface area contributed by atoms with Crippen LogP contribution in [0, 0.1) is 0 Å². The molecule has 3 aromatic rings. The van der Waals surface area contributed by atoms with Crippen LogP contribution in [0.15, 0.2) is 72.8 Å². The third-order valence-electron chi connectivity index (χ3n) is 4.90. The van der Waals surface area contributed by atoms with Gasteiger partial charge >= 0.3 is 0 Å². The van der Waals surface area contributed by atoms with E-state index in [0.717, 1.165) is 10.5 Å². The lowest BCUT2D eigenvalue weighted by atomic mass is 10.1. The maximum absolute atomic E-state index is 12.3. The number of hydrogen-bond acceptors (Lipinski definition) is 4. The number of benzene rings is 3. The highest BCUT2D eigenvalue weighted by molar-refractivity contribution is 6.30. The number of imide groups is 1. The third kappa shape index (κ3) is 4.75. The Kier molecular flexibility index (Phi) is 6.00. The first-order chi connectivity index (χ1) is 15.0. The first-order valence-corrected chi connectivity index (χ1v) is 10.1. The number of nitrogens with one attached hydrogen (secondary N) is 1. The molecule has 0 unspecified atom stereocenters. The smallest absolute Gasteiger partial charge is 0.261 e. The molecular formula is C24H19ClN2O4. The fraction of sp³-hybridized carbons (Fsp3) is 0.125. The van der Waals surface area contributed by atoms with Crippen LogP contribution in [-0.4, -0.2) is 29.2 Å². The standard InChI is InChI=1S/C24H19ClN2O4/c25-17-7-5-16(6-8-17)15-31-19-11-9-18(10-12-19)26-22(28)13-14-27-23(29)20-3-1-2-4-21(20)24(27)30/h1-12H,13-15H2,(H,26,28). The molecule has 0 aliphatic carbocycles. The Labute approximate surface area is 184 Å². The van der Waals surface area contributed by atoms with Crippen LogP contribution in [0.25, 0.3) is 0 Å². The molecule has 0 spiro atoms. The number of amides is 3. The van der Waals surface area contributed by atoms with Crippen LogP contribution in [0.1, 0.15) is 32.7 Å². The van der Waals surface area contributed by atoms with Gasteiger partial charge in [0.25, 0.3) is 11.8 Å². The van der Waals surface area contributed by atoms with Crippen LogP contribution < -0.4 is 10.1 Å². The SMILES string of the molecule is O=C(CCN1C(=O)c2ccccc2C1=O)Nc1ccc(OCc2ccc(Cl)cc2)cc1. The zero-order valence-corrected chi connectivity index (χ0v) is 17.3. The summed E-state index contributed by atoms with van der Waals surface area (Å²) >= 11 is 5.87. The first-order valence-electron chi connectivity index (χ1n) is 9.73. The summed E-state index contributed by atoms with van der Waals surface area (Å²) in [6, 6.07) is 21.0. The van der Waals surface area contributed by atoms with Crippen LogP contribution in [0.2, 0.25) is 5.02 Å². The van der Waals surface area contributed by atoms with E-state index >= 15 is 0 Å². The Morgan fingerprint density at radius 1 is 0.871 bits per heavy atom. The van der Waals surface area contributed by atoms with Gasteiger partial charge in [0.2, 0.25) is 5.91 Å². The van der Waals surface area contributed by atoms with E-state index in [1.54, 1.807) is 60.7 Å². The molecule has 1 N–H and O–H groups in total.